The number of aromatic nitrogens is 2. The van der Waals surface area contributed by atoms with Gasteiger partial charge >= 0.3 is 5.97 Å². The standard InChI is InChI=1S/C17H12ClN3O3/c1-21-8-11(6-12(21)7-19)9-23-17(22)15-16(24-10-20-15)13-4-2-3-5-14(13)18/h2-6,8,10H,9H2,1H3. The summed E-state index contributed by atoms with van der Waals surface area (Å²) in [5.41, 5.74) is 1.82. The van der Waals surface area contributed by atoms with Gasteiger partial charge in [0.2, 0.25) is 0 Å². The Morgan fingerprint density at radius 1 is 1.46 bits per heavy atom. The number of ether oxygens (including phenoxy) is 1. The van der Waals surface area contributed by atoms with Crippen LogP contribution in [0, 0.1) is 11.3 Å². The minimum Gasteiger partial charge on any atom is -0.456 e. The number of carbonyl (C=O) groups is 1. The number of nitrogens with zero attached hydrogens (tertiary/aromatic N) is 3. The van der Waals surface area contributed by atoms with Gasteiger partial charge in [0.05, 0.1) is 5.02 Å². The second kappa shape index (κ2) is 6.60. The summed E-state index contributed by atoms with van der Waals surface area (Å²) >= 11 is 6.13. The Hall–Kier alpha value is -3.04. The van der Waals surface area contributed by atoms with Crippen LogP contribution >= 0.6 is 11.6 Å². The highest BCUT2D eigenvalue weighted by Crippen LogP contribution is 2.30. The molecule has 0 fully saturated rings. The van der Waals surface area contributed by atoms with Crippen molar-refractivity contribution in [1.29, 1.82) is 5.26 Å². The number of nitriles is 1. The van der Waals surface area contributed by atoms with E-state index in [4.69, 9.17) is 26.0 Å². The summed E-state index contributed by atoms with van der Waals surface area (Å²) in [7, 11) is 1.75. The van der Waals surface area contributed by atoms with Crippen molar-refractivity contribution < 1.29 is 13.9 Å². The van der Waals surface area contributed by atoms with Crippen molar-refractivity contribution in [2.24, 2.45) is 7.05 Å². The van der Waals surface area contributed by atoms with Gasteiger partial charge in [-0.15, -0.1) is 0 Å². The number of hydrogen-bond acceptors (Lipinski definition) is 5. The van der Waals surface area contributed by atoms with E-state index in [1.807, 2.05) is 6.07 Å². The van der Waals surface area contributed by atoms with Crippen LogP contribution in [-0.2, 0) is 18.4 Å². The first kappa shape index (κ1) is 15.8. The smallest absolute Gasteiger partial charge is 0.361 e. The molecule has 0 aliphatic heterocycles. The lowest BCUT2D eigenvalue weighted by Crippen LogP contribution is -2.07. The number of rotatable bonds is 4. The molecule has 6 nitrogen and oxygen atoms in total. The monoisotopic (exact) mass is 341 g/mol. The molecular formula is C17H12ClN3O3. The molecule has 3 aromatic rings. The van der Waals surface area contributed by atoms with Gasteiger partial charge in [0.15, 0.2) is 17.8 Å². The Morgan fingerprint density at radius 2 is 2.25 bits per heavy atom. The first-order chi connectivity index (χ1) is 11.6. The highest BCUT2D eigenvalue weighted by Gasteiger charge is 2.21. The summed E-state index contributed by atoms with van der Waals surface area (Å²) < 4.78 is 12.2. The van der Waals surface area contributed by atoms with Crippen molar-refractivity contribution in [3.63, 3.8) is 0 Å². The third-order valence-corrected chi connectivity index (χ3v) is 3.75. The first-order valence-electron chi connectivity index (χ1n) is 7.01. The third kappa shape index (κ3) is 3.03. The Bertz CT molecular complexity index is 937. The fourth-order valence-electron chi connectivity index (χ4n) is 2.27. The average Bonchev–Trinajstić information content (AvgIpc) is 3.19. The van der Waals surface area contributed by atoms with Crippen LogP contribution in [0.3, 0.4) is 0 Å². The lowest BCUT2D eigenvalue weighted by Gasteiger charge is -2.04. The largest absolute Gasteiger partial charge is 0.456 e. The van der Waals surface area contributed by atoms with Crippen molar-refractivity contribution in [1.82, 2.24) is 9.55 Å². The summed E-state index contributed by atoms with van der Waals surface area (Å²) in [5, 5.41) is 9.38. The molecule has 2 heterocycles. The molecule has 1 aromatic carbocycles. The molecule has 120 valence electrons. The van der Waals surface area contributed by atoms with Gasteiger partial charge in [0.25, 0.3) is 0 Å². The maximum Gasteiger partial charge on any atom is 0.361 e. The van der Waals surface area contributed by atoms with E-state index in [9.17, 15) is 4.79 Å². The summed E-state index contributed by atoms with van der Waals surface area (Å²) in [6.45, 7) is 0.0309. The van der Waals surface area contributed by atoms with Crippen LogP contribution in [0.5, 0.6) is 0 Å². The van der Waals surface area contributed by atoms with E-state index in [0.29, 0.717) is 21.8 Å². The molecule has 0 amide bonds. The fourth-order valence-corrected chi connectivity index (χ4v) is 2.49. The maximum atomic E-state index is 12.3. The molecule has 0 radical (unpaired) electrons. The molecule has 0 saturated carbocycles. The fraction of sp³-hybridized carbons (Fsp3) is 0.118. The van der Waals surface area contributed by atoms with Gasteiger partial charge in [-0.05, 0) is 18.2 Å². The molecule has 0 saturated heterocycles. The number of esters is 1. The van der Waals surface area contributed by atoms with Crippen molar-refractivity contribution in [2.45, 2.75) is 6.61 Å². The van der Waals surface area contributed by atoms with Gasteiger partial charge in [0, 0.05) is 24.4 Å². The van der Waals surface area contributed by atoms with Crippen LogP contribution in [0.1, 0.15) is 21.7 Å². The second-order valence-electron chi connectivity index (χ2n) is 5.04. The normalized spacial score (nSPS) is 10.4. The van der Waals surface area contributed by atoms with Gasteiger partial charge in [0.1, 0.15) is 18.4 Å². The Morgan fingerprint density at radius 3 is 2.96 bits per heavy atom. The SMILES string of the molecule is Cn1cc(COC(=O)c2ncoc2-c2ccccc2Cl)cc1C#N. The number of carbonyl (C=O) groups excluding carboxylic acids is 1. The van der Waals surface area contributed by atoms with Gasteiger partial charge in [-0.3, -0.25) is 0 Å². The van der Waals surface area contributed by atoms with E-state index in [1.54, 1.807) is 48.1 Å². The molecule has 0 aliphatic rings. The average molecular weight is 342 g/mol. The van der Waals surface area contributed by atoms with Gasteiger partial charge in [-0.25, -0.2) is 9.78 Å². The molecule has 0 atom stereocenters. The van der Waals surface area contributed by atoms with Crippen LogP contribution in [0.4, 0.5) is 0 Å². The van der Waals surface area contributed by atoms with E-state index in [-0.39, 0.29) is 18.1 Å². The number of aryl methyl sites for hydroxylation is 1. The van der Waals surface area contributed by atoms with Crippen LogP contribution < -0.4 is 0 Å². The zero-order chi connectivity index (χ0) is 17.1. The van der Waals surface area contributed by atoms with E-state index in [2.05, 4.69) is 4.98 Å². The van der Waals surface area contributed by atoms with Crippen molar-refractivity contribution in [2.75, 3.05) is 0 Å². The predicted octanol–water partition coefficient (Wildman–Crippen LogP) is 3.56. The van der Waals surface area contributed by atoms with E-state index < -0.39 is 5.97 Å². The van der Waals surface area contributed by atoms with E-state index in [0.717, 1.165) is 0 Å². The molecule has 0 bridgehead atoms. The molecule has 0 spiro atoms. The zero-order valence-corrected chi connectivity index (χ0v) is 13.4. The van der Waals surface area contributed by atoms with Crippen molar-refractivity contribution in [3.8, 4) is 17.4 Å². The first-order valence-corrected chi connectivity index (χ1v) is 7.39. The number of hydrogen-bond donors (Lipinski definition) is 0. The number of oxazole rings is 1. The minimum atomic E-state index is -0.624. The molecule has 0 N–H and O–H groups in total. The van der Waals surface area contributed by atoms with Crippen LogP contribution in [0.25, 0.3) is 11.3 Å². The molecule has 2 aromatic heterocycles. The minimum absolute atomic E-state index is 0.0309. The maximum absolute atomic E-state index is 12.3. The third-order valence-electron chi connectivity index (χ3n) is 3.43. The summed E-state index contributed by atoms with van der Waals surface area (Å²) in [4.78, 5) is 16.2. The Kier molecular flexibility index (Phi) is 4.36. The quantitative estimate of drug-likeness (QED) is 0.678. The zero-order valence-electron chi connectivity index (χ0n) is 12.7. The summed E-state index contributed by atoms with van der Waals surface area (Å²) in [5.74, 6) is -0.364. The van der Waals surface area contributed by atoms with E-state index >= 15 is 0 Å². The Labute approximate surface area is 142 Å². The summed E-state index contributed by atoms with van der Waals surface area (Å²) in [6, 6.07) is 10.7. The van der Waals surface area contributed by atoms with Gasteiger partial charge < -0.3 is 13.7 Å². The van der Waals surface area contributed by atoms with Crippen LogP contribution in [0.2, 0.25) is 5.02 Å². The van der Waals surface area contributed by atoms with Crippen molar-refractivity contribution in [3.05, 3.63) is 64.9 Å². The number of halogens is 1. The van der Waals surface area contributed by atoms with E-state index in [1.165, 1.54) is 6.39 Å². The molecule has 7 heteroatoms. The molecule has 0 unspecified atom stereocenters. The molecular weight excluding hydrogens is 330 g/mol. The predicted molar refractivity (Wildman–Crippen MR) is 86.2 cm³/mol. The highest BCUT2D eigenvalue weighted by molar-refractivity contribution is 6.33. The lowest BCUT2D eigenvalue weighted by atomic mass is 10.1. The van der Waals surface area contributed by atoms with Crippen LogP contribution in [-0.4, -0.2) is 15.5 Å². The number of benzene rings is 1. The van der Waals surface area contributed by atoms with Crippen LogP contribution in [0.15, 0.2) is 47.3 Å². The molecule has 3 rings (SSSR count). The van der Waals surface area contributed by atoms with Gasteiger partial charge in [-0.1, -0.05) is 23.7 Å². The molecule has 24 heavy (non-hydrogen) atoms. The summed E-state index contributed by atoms with van der Waals surface area (Å²) in [6.07, 6.45) is 2.90. The topological polar surface area (TPSA) is 81.1 Å². The molecule has 0 aliphatic carbocycles. The van der Waals surface area contributed by atoms with Gasteiger partial charge in [-0.2, -0.15) is 5.26 Å². The second-order valence-corrected chi connectivity index (χ2v) is 5.45. The van der Waals surface area contributed by atoms with Crippen molar-refractivity contribution >= 4 is 17.6 Å². The lowest BCUT2D eigenvalue weighted by molar-refractivity contribution is 0.0467. The Balaban J connectivity index is 1.78. The highest BCUT2D eigenvalue weighted by atomic mass is 35.5.